The Bertz CT molecular complexity index is 382. The number of aliphatic carboxylic acids is 2. The minimum atomic E-state index is -3.29. The fraction of sp³-hybridized carbons (Fsp3) is 0.667. The van der Waals surface area contributed by atoms with E-state index >= 15 is 0 Å². The monoisotopic (exact) mass is 354 g/mol. The van der Waals surface area contributed by atoms with E-state index in [1.807, 2.05) is 6.92 Å². The first-order chi connectivity index (χ1) is 9.25. The van der Waals surface area contributed by atoms with E-state index in [1.54, 1.807) is 0 Å². The van der Waals surface area contributed by atoms with Crippen molar-refractivity contribution in [1.29, 1.82) is 0 Å². The molecule has 118 valence electrons. The van der Waals surface area contributed by atoms with E-state index in [0.29, 0.717) is 6.42 Å². The summed E-state index contributed by atoms with van der Waals surface area (Å²) in [5.74, 6) is -2.61. The summed E-state index contributed by atoms with van der Waals surface area (Å²) < 4.78 is 26.6. The fourth-order valence-electron chi connectivity index (χ4n) is 0.944. The Morgan fingerprint density at radius 1 is 1.09 bits per heavy atom. The Kier molecular flexibility index (Phi) is 27.2. The van der Waals surface area contributed by atoms with E-state index in [0.717, 1.165) is 12.8 Å². The molecule has 0 rings (SSSR count). The summed E-state index contributed by atoms with van der Waals surface area (Å²) in [7, 11) is -3.29. The van der Waals surface area contributed by atoms with Gasteiger partial charge in [0.2, 0.25) is 0 Å². The van der Waals surface area contributed by atoms with Crippen molar-refractivity contribution in [3.8, 4) is 0 Å². The Morgan fingerprint density at radius 3 is 1.86 bits per heavy atom. The standard InChI is InChI=1S/C8H16O3S.C4H6O4.2Na/c1-3-5-6-8-12(9,10)11-7-4-2;5-3(6)1-2-4(7)8;;/h4H,2-3,5-8H2,1H3;1-2H2,(H,5,6)(H,7,8);;/q;;2*+1/p-2. The average molecular weight is 354 g/mol. The molecule has 0 saturated heterocycles. The largest absolute Gasteiger partial charge is 1.00 e. The van der Waals surface area contributed by atoms with Crippen molar-refractivity contribution in [1.82, 2.24) is 0 Å². The maximum absolute atomic E-state index is 11.0. The van der Waals surface area contributed by atoms with Crippen LogP contribution in [0.5, 0.6) is 0 Å². The molecule has 22 heavy (non-hydrogen) atoms. The van der Waals surface area contributed by atoms with E-state index < -0.39 is 34.9 Å². The first-order valence-electron chi connectivity index (χ1n) is 6.12. The van der Waals surface area contributed by atoms with Gasteiger partial charge in [-0.2, -0.15) is 8.42 Å². The Morgan fingerprint density at radius 2 is 1.55 bits per heavy atom. The molecule has 0 atom stereocenters. The molecule has 0 aliphatic carbocycles. The normalized spacial score (nSPS) is 9.32. The minimum absolute atomic E-state index is 0. The zero-order chi connectivity index (χ0) is 16.0. The van der Waals surface area contributed by atoms with Crippen LogP contribution in [-0.4, -0.2) is 32.7 Å². The molecule has 0 aromatic heterocycles. The topological polar surface area (TPSA) is 124 Å². The van der Waals surface area contributed by atoms with Gasteiger partial charge >= 0.3 is 59.1 Å². The van der Waals surface area contributed by atoms with Crippen LogP contribution in [0.4, 0.5) is 0 Å². The van der Waals surface area contributed by atoms with E-state index in [4.69, 9.17) is 0 Å². The second-order valence-electron chi connectivity index (χ2n) is 3.79. The molecule has 0 fully saturated rings. The van der Waals surface area contributed by atoms with Crippen LogP contribution >= 0.6 is 0 Å². The molecular weight excluding hydrogens is 334 g/mol. The summed E-state index contributed by atoms with van der Waals surface area (Å²) in [5, 5.41) is 19.0. The summed E-state index contributed by atoms with van der Waals surface area (Å²) >= 11 is 0. The van der Waals surface area contributed by atoms with Crippen LogP contribution in [0.15, 0.2) is 12.7 Å². The molecule has 0 spiro atoms. The third-order valence-corrected chi connectivity index (χ3v) is 3.18. The van der Waals surface area contributed by atoms with Gasteiger partial charge in [0, 0.05) is 11.9 Å². The first-order valence-corrected chi connectivity index (χ1v) is 7.70. The fourth-order valence-corrected chi connectivity index (χ4v) is 1.92. The molecular formula is C12H20Na2O7S. The summed E-state index contributed by atoms with van der Waals surface area (Å²) in [6.07, 6.45) is 3.10. The van der Waals surface area contributed by atoms with Gasteiger partial charge in [0.05, 0.1) is 12.4 Å². The van der Waals surface area contributed by atoms with Crippen LogP contribution < -0.4 is 69.3 Å². The van der Waals surface area contributed by atoms with Gasteiger partial charge in [0.25, 0.3) is 10.1 Å². The van der Waals surface area contributed by atoms with Crippen LogP contribution in [0, 0.1) is 0 Å². The van der Waals surface area contributed by atoms with Crippen molar-refractivity contribution < 1.29 is 91.5 Å². The van der Waals surface area contributed by atoms with Crippen molar-refractivity contribution >= 4 is 22.1 Å². The third kappa shape index (κ3) is 28.7. The van der Waals surface area contributed by atoms with Crippen LogP contribution in [0.2, 0.25) is 0 Å². The van der Waals surface area contributed by atoms with E-state index in [9.17, 15) is 28.2 Å². The van der Waals surface area contributed by atoms with Crippen molar-refractivity contribution in [3.63, 3.8) is 0 Å². The van der Waals surface area contributed by atoms with Crippen LogP contribution in [0.25, 0.3) is 0 Å². The van der Waals surface area contributed by atoms with Crippen LogP contribution in [-0.2, 0) is 23.9 Å². The molecule has 0 aromatic rings. The molecule has 0 N–H and O–H groups in total. The zero-order valence-electron chi connectivity index (χ0n) is 13.5. The number of hydrogen-bond donors (Lipinski definition) is 0. The predicted molar refractivity (Wildman–Crippen MR) is 68.7 cm³/mol. The Hall–Kier alpha value is 0.590. The summed E-state index contributed by atoms with van der Waals surface area (Å²) in [5.41, 5.74) is 0. The van der Waals surface area contributed by atoms with Crippen molar-refractivity contribution in [2.24, 2.45) is 0 Å². The van der Waals surface area contributed by atoms with Gasteiger partial charge < -0.3 is 19.8 Å². The summed E-state index contributed by atoms with van der Waals surface area (Å²) in [6.45, 7) is 5.47. The maximum Gasteiger partial charge on any atom is 1.00 e. The predicted octanol–water partition coefficient (Wildman–Crippen LogP) is -7.02. The second-order valence-corrected chi connectivity index (χ2v) is 5.55. The molecule has 0 amide bonds. The number of carboxylic acids is 2. The van der Waals surface area contributed by atoms with Gasteiger partial charge in [-0.25, -0.2) is 0 Å². The van der Waals surface area contributed by atoms with Gasteiger partial charge in [-0.15, -0.1) is 6.58 Å². The molecule has 0 aliphatic rings. The molecule has 0 saturated carbocycles. The number of unbranched alkanes of at least 4 members (excludes halogenated alkanes) is 2. The number of rotatable bonds is 10. The summed E-state index contributed by atoms with van der Waals surface area (Å²) in [4.78, 5) is 19.0. The van der Waals surface area contributed by atoms with Crippen molar-refractivity contribution in [2.45, 2.75) is 39.0 Å². The number of carboxylic acid groups (broad SMARTS) is 2. The number of hydrogen-bond acceptors (Lipinski definition) is 7. The van der Waals surface area contributed by atoms with Gasteiger partial charge in [0.15, 0.2) is 0 Å². The molecule has 0 bridgehead atoms. The smallest absolute Gasteiger partial charge is 0.550 e. The molecule has 0 heterocycles. The summed E-state index contributed by atoms with van der Waals surface area (Å²) in [6, 6.07) is 0. The number of carbonyl (C=O) groups excluding carboxylic acids is 2. The van der Waals surface area contributed by atoms with E-state index in [1.165, 1.54) is 6.08 Å². The van der Waals surface area contributed by atoms with Crippen LogP contribution in [0.1, 0.15) is 39.0 Å². The van der Waals surface area contributed by atoms with Crippen molar-refractivity contribution in [3.05, 3.63) is 12.7 Å². The quantitative estimate of drug-likeness (QED) is 0.165. The SMILES string of the molecule is C=CCOS(=O)(=O)CCCCC.O=C([O-])CCC(=O)[O-].[Na+].[Na+]. The second kappa shape index (κ2) is 19.6. The Labute approximate surface area is 176 Å². The van der Waals surface area contributed by atoms with E-state index in [2.05, 4.69) is 10.8 Å². The molecule has 0 aliphatic heterocycles. The molecule has 10 heteroatoms. The minimum Gasteiger partial charge on any atom is -0.550 e. The van der Waals surface area contributed by atoms with Gasteiger partial charge in [-0.3, -0.25) is 4.18 Å². The number of carbonyl (C=O) groups is 2. The molecule has 0 unspecified atom stereocenters. The van der Waals surface area contributed by atoms with Crippen LogP contribution in [0.3, 0.4) is 0 Å². The maximum atomic E-state index is 11.0. The van der Waals surface area contributed by atoms with Gasteiger partial charge in [0.1, 0.15) is 0 Å². The van der Waals surface area contributed by atoms with Gasteiger partial charge in [-0.1, -0.05) is 25.8 Å². The Balaban J connectivity index is -0.000000144. The third-order valence-electron chi connectivity index (χ3n) is 1.90. The molecule has 0 radical (unpaired) electrons. The van der Waals surface area contributed by atoms with Gasteiger partial charge in [-0.05, 0) is 19.3 Å². The molecule has 7 nitrogen and oxygen atoms in total. The van der Waals surface area contributed by atoms with Crippen molar-refractivity contribution in [2.75, 3.05) is 12.4 Å². The van der Waals surface area contributed by atoms with E-state index in [-0.39, 0.29) is 71.5 Å². The first kappa shape index (κ1) is 30.5. The average Bonchev–Trinajstić information content (AvgIpc) is 2.35. The zero-order valence-corrected chi connectivity index (χ0v) is 18.3. The molecule has 0 aromatic carbocycles.